The molecule has 1 fully saturated rings. The van der Waals surface area contributed by atoms with E-state index in [0.29, 0.717) is 36.5 Å². The fraction of sp³-hybridized carbons (Fsp3) is 0.333. The van der Waals surface area contributed by atoms with Crippen LogP contribution in [0.25, 0.3) is 23.2 Å². The van der Waals surface area contributed by atoms with Gasteiger partial charge in [-0.2, -0.15) is 18.2 Å². The SMILES string of the molecule is Cc1oc(-c2nc(-c3ccc(OC(F)(F)F)cc3)no2)nc1Cc1cccc(N2CC[N+](C)(OC(=O)C(F)(F)F)CC2)c1. The molecule has 1 saturated heterocycles. The fourth-order valence-corrected chi connectivity index (χ4v) is 4.46. The minimum absolute atomic E-state index is 0.0190. The predicted octanol–water partition coefficient (Wildman–Crippen LogP) is 5.48. The summed E-state index contributed by atoms with van der Waals surface area (Å²) in [5.41, 5.74) is 2.72. The number of hydrogen-bond acceptors (Lipinski definition) is 9. The number of carbonyl (C=O) groups excluding carboxylic acids is 1. The molecular formula is C27H24F6N5O5+. The molecule has 2 aromatic carbocycles. The maximum Gasteiger partial charge on any atom is 0.573 e. The van der Waals surface area contributed by atoms with Gasteiger partial charge < -0.3 is 18.6 Å². The number of likely N-dealkylation sites (N-methyl/N-ethyl adjacent to an activating group) is 1. The number of piperazine rings is 1. The normalized spacial score (nSPS) is 15.4. The monoisotopic (exact) mass is 612 g/mol. The molecule has 3 heterocycles. The Morgan fingerprint density at radius 3 is 2.35 bits per heavy atom. The Balaban J connectivity index is 1.23. The van der Waals surface area contributed by atoms with Crippen LogP contribution in [0.2, 0.25) is 0 Å². The van der Waals surface area contributed by atoms with Crippen molar-refractivity contribution in [3.8, 4) is 28.9 Å². The number of hydrogen-bond donors (Lipinski definition) is 0. The lowest BCUT2D eigenvalue weighted by Gasteiger charge is -2.39. The van der Waals surface area contributed by atoms with Gasteiger partial charge in [-0.25, -0.2) is 9.78 Å². The zero-order valence-corrected chi connectivity index (χ0v) is 22.7. The summed E-state index contributed by atoms with van der Waals surface area (Å²) in [6, 6.07) is 12.5. The molecule has 0 saturated carbocycles. The van der Waals surface area contributed by atoms with Crippen molar-refractivity contribution in [1.29, 1.82) is 0 Å². The van der Waals surface area contributed by atoms with Gasteiger partial charge in [-0.15, -0.1) is 17.8 Å². The van der Waals surface area contributed by atoms with E-state index < -0.39 is 23.2 Å². The Morgan fingerprint density at radius 1 is 1.00 bits per heavy atom. The quantitative estimate of drug-likeness (QED) is 0.198. The Morgan fingerprint density at radius 2 is 1.70 bits per heavy atom. The Kier molecular flexibility index (Phi) is 7.81. The number of anilines is 1. The molecule has 43 heavy (non-hydrogen) atoms. The van der Waals surface area contributed by atoms with Crippen LogP contribution < -0.4 is 9.64 Å². The second-order valence-corrected chi connectivity index (χ2v) is 9.97. The van der Waals surface area contributed by atoms with Gasteiger partial charge in [-0.3, -0.25) is 4.84 Å². The first-order chi connectivity index (χ1) is 20.2. The number of oxazole rings is 1. The third-order valence-corrected chi connectivity index (χ3v) is 6.72. The molecule has 16 heteroatoms. The molecule has 1 aliphatic heterocycles. The van der Waals surface area contributed by atoms with E-state index in [1.54, 1.807) is 6.92 Å². The number of hydroxylamine groups is 3. The first kappa shape index (κ1) is 29.9. The molecule has 4 aromatic rings. The lowest BCUT2D eigenvalue weighted by molar-refractivity contribution is -1.08. The number of quaternary nitrogens is 1. The minimum Gasteiger partial charge on any atom is -0.438 e. The van der Waals surface area contributed by atoms with Crippen LogP contribution in [0.4, 0.5) is 32.0 Å². The molecule has 2 aromatic heterocycles. The number of rotatable bonds is 7. The first-order valence-corrected chi connectivity index (χ1v) is 12.8. The van der Waals surface area contributed by atoms with Crippen molar-refractivity contribution < 1.29 is 54.3 Å². The zero-order chi connectivity index (χ0) is 31.0. The smallest absolute Gasteiger partial charge is 0.438 e. The summed E-state index contributed by atoms with van der Waals surface area (Å²) in [5.74, 6) is -1.93. The molecule has 0 aliphatic carbocycles. The van der Waals surface area contributed by atoms with Crippen molar-refractivity contribution in [2.75, 3.05) is 38.1 Å². The van der Waals surface area contributed by atoms with Gasteiger partial charge in [-0.1, -0.05) is 17.3 Å². The summed E-state index contributed by atoms with van der Waals surface area (Å²) >= 11 is 0. The van der Waals surface area contributed by atoms with Crippen LogP contribution >= 0.6 is 0 Å². The van der Waals surface area contributed by atoms with Gasteiger partial charge in [0.15, 0.2) is 0 Å². The molecule has 0 atom stereocenters. The summed E-state index contributed by atoms with van der Waals surface area (Å²) in [6.45, 7) is 2.81. The number of alkyl halides is 6. The van der Waals surface area contributed by atoms with E-state index in [9.17, 15) is 31.1 Å². The molecule has 1 aliphatic rings. The standard InChI is InChI=1S/C27H24F6N5O5/c1-16-21(34-23(40-16)24-35-22(36-42-24)18-6-8-20(9-7-18)41-27(31,32)33)15-17-4-3-5-19(14-17)37-10-12-38(2,13-11-37)43-25(39)26(28,29)30/h3-9,14H,10-13,15H2,1-2H3/q+1. The van der Waals surface area contributed by atoms with E-state index >= 15 is 0 Å². The third kappa shape index (κ3) is 7.25. The van der Waals surface area contributed by atoms with Gasteiger partial charge in [0, 0.05) is 17.7 Å². The van der Waals surface area contributed by atoms with Crippen LogP contribution in [-0.2, 0) is 16.1 Å². The van der Waals surface area contributed by atoms with Crippen molar-refractivity contribution in [2.45, 2.75) is 25.9 Å². The van der Waals surface area contributed by atoms with Gasteiger partial charge in [0.1, 0.15) is 31.6 Å². The number of carbonyl (C=O) groups is 1. The van der Waals surface area contributed by atoms with Crippen molar-refractivity contribution >= 4 is 11.7 Å². The van der Waals surface area contributed by atoms with Gasteiger partial charge in [0.2, 0.25) is 5.82 Å². The summed E-state index contributed by atoms with van der Waals surface area (Å²) in [7, 11) is 1.44. The van der Waals surface area contributed by atoms with E-state index in [-0.39, 0.29) is 36.4 Å². The molecule has 0 amide bonds. The van der Waals surface area contributed by atoms with Crippen molar-refractivity contribution in [2.24, 2.45) is 0 Å². The van der Waals surface area contributed by atoms with Crippen LogP contribution in [0.3, 0.4) is 0 Å². The van der Waals surface area contributed by atoms with Gasteiger partial charge in [-0.05, 0) is 48.9 Å². The van der Waals surface area contributed by atoms with E-state index in [1.807, 2.05) is 29.2 Å². The molecule has 0 N–H and O–H groups in total. The Labute approximate surface area is 240 Å². The lowest BCUT2D eigenvalue weighted by Crippen LogP contribution is -2.59. The van der Waals surface area contributed by atoms with Gasteiger partial charge in [0.05, 0.1) is 18.8 Å². The highest BCUT2D eigenvalue weighted by molar-refractivity contribution is 5.74. The summed E-state index contributed by atoms with van der Waals surface area (Å²) in [4.78, 5) is 26.7. The molecule has 10 nitrogen and oxygen atoms in total. The maximum absolute atomic E-state index is 12.6. The second-order valence-electron chi connectivity index (χ2n) is 9.97. The van der Waals surface area contributed by atoms with E-state index in [4.69, 9.17) is 13.8 Å². The third-order valence-electron chi connectivity index (χ3n) is 6.72. The highest BCUT2D eigenvalue weighted by Gasteiger charge is 2.47. The van der Waals surface area contributed by atoms with E-state index in [0.717, 1.165) is 23.4 Å². The van der Waals surface area contributed by atoms with Crippen LogP contribution in [0.5, 0.6) is 5.75 Å². The topological polar surface area (TPSA) is 104 Å². The number of nitrogens with zero attached hydrogens (tertiary/aromatic N) is 5. The number of aromatic nitrogens is 3. The van der Waals surface area contributed by atoms with Gasteiger partial charge in [0.25, 0.3) is 5.89 Å². The minimum atomic E-state index is -5.05. The van der Waals surface area contributed by atoms with E-state index in [2.05, 4.69) is 19.9 Å². The largest absolute Gasteiger partial charge is 0.573 e. The predicted molar refractivity (Wildman–Crippen MR) is 136 cm³/mol. The first-order valence-electron chi connectivity index (χ1n) is 12.8. The number of aryl methyl sites for hydroxylation is 1. The zero-order valence-electron chi connectivity index (χ0n) is 22.7. The molecule has 0 radical (unpaired) electrons. The Bertz CT molecular complexity index is 1590. The van der Waals surface area contributed by atoms with Crippen LogP contribution in [-0.4, -0.2) is 71.5 Å². The highest BCUT2D eigenvalue weighted by atomic mass is 19.4. The summed E-state index contributed by atoms with van der Waals surface area (Å²) in [6.07, 6.45) is -9.48. The van der Waals surface area contributed by atoms with Crippen LogP contribution in [0, 0.1) is 6.92 Å². The maximum atomic E-state index is 12.6. The molecule has 228 valence electrons. The van der Waals surface area contributed by atoms with Crippen molar-refractivity contribution in [3.05, 3.63) is 65.5 Å². The molecular weight excluding hydrogens is 588 g/mol. The summed E-state index contributed by atoms with van der Waals surface area (Å²) in [5, 5.41) is 3.85. The van der Waals surface area contributed by atoms with Crippen LogP contribution in [0.1, 0.15) is 17.0 Å². The lowest BCUT2D eigenvalue weighted by atomic mass is 10.1. The number of ether oxygens (including phenoxy) is 1. The molecule has 0 bridgehead atoms. The van der Waals surface area contributed by atoms with Crippen molar-refractivity contribution in [1.82, 2.24) is 15.1 Å². The number of halogens is 6. The fourth-order valence-electron chi connectivity index (χ4n) is 4.46. The Hall–Kier alpha value is -4.60. The molecule has 0 unspecified atom stereocenters. The number of benzene rings is 2. The molecule has 5 rings (SSSR count). The van der Waals surface area contributed by atoms with Gasteiger partial charge >= 0.3 is 24.4 Å². The van der Waals surface area contributed by atoms with E-state index in [1.165, 1.54) is 19.2 Å². The average molecular weight is 613 g/mol. The average Bonchev–Trinajstić information content (AvgIpc) is 3.55. The van der Waals surface area contributed by atoms with Crippen molar-refractivity contribution in [3.63, 3.8) is 0 Å². The highest BCUT2D eigenvalue weighted by Crippen LogP contribution is 2.29. The second kappa shape index (κ2) is 11.2. The molecule has 0 spiro atoms. The van der Waals surface area contributed by atoms with Crippen LogP contribution in [0.15, 0.2) is 57.5 Å². The summed E-state index contributed by atoms with van der Waals surface area (Å²) < 4.78 is 89.5.